The Morgan fingerprint density at radius 1 is 0.927 bits per heavy atom. The molecule has 2 aromatic rings. The van der Waals surface area contributed by atoms with E-state index in [2.05, 4.69) is 20.5 Å². The number of piperazine rings is 1. The monoisotopic (exact) mass is 578 g/mol. The number of carbonyl (C=O) groups is 1. The van der Waals surface area contributed by atoms with Gasteiger partial charge in [0.15, 0.2) is 0 Å². The van der Waals surface area contributed by atoms with Crippen LogP contribution in [-0.2, 0) is 6.18 Å². The van der Waals surface area contributed by atoms with E-state index in [4.69, 9.17) is 0 Å². The third kappa shape index (κ3) is 8.61. The van der Waals surface area contributed by atoms with E-state index < -0.39 is 22.4 Å². The van der Waals surface area contributed by atoms with Crippen molar-refractivity contribution in [1.29, 1.82) is 0 Å². The van der Waals surface area contributed by atoms with Crippen LogP contribution in [0.3, 0.4) is 0 Å². The molecular weight excluding hydrogens is 541 g/mol. The second kappa shape index (κ2) is 13.7. The van der Waals surface area contributed by atoms with Crippen LogP contribution in [0.5, 0.6) is 0 Å². The zero-order valence-electron chi connectivity index (χ0n) is 22.9. The van der Waals surface area contributed by atoms with Crippen molar-refractivity contribution in [2.75, 3.05) is 36.4 Å². The number of carbonyl (C=O) groups excluding carboxylic acids is 1. The van der Waals surface area contributed by atoms with Crippen molar-refractivity contribution in [3.8, 4) is 0 Å². The highest BCUT2D eigenvalue weighted by Gasteiger charge is 2.38. The lowest BCUT2D eigenvalue weighted by Gasteiger charge is -2.36. The molecule has 13 heteroatoms. The fourth-order valence-electron chi connectivity index (χ4n) is 5.63. The van der Waals surface area contributed by atoms with Crippen molar-refractivity contribution in [3.63, 3.8) is 0 Å². The number of H-pyrrole nitrogens is 1. The fourth-order valence-corrected chi connectivity index (χ4v) is 5.63. The quantitative estimate of drug-likeness (QED) is 0.318. The Kier molecular flexibility index (Phi) is 10.1. The van der Waals surface area contributed by atoms with E-state index in [0.29, 0.717) is 19.1 Å². The number of hydrogen-bond donors (Lipinski definition) is 3. The number of pyridine rings is 1. The van der Waals surface area contributed by atoms with Gasteiger partial charge in [0.1, 0.15) is 5.56 Å². The summed E-state index contributed by atoms with van der Waals surface area (Å²) in [5.41, 5.74) is -0.992. The molecule has 10 nitrogen and oxygen atoms in total. The van der Waals surface area contributed by atoms with Gasteiger partial charge in [-0.15, -0.1) is 0 Å². The van der Waals surface area contributed by atoms with Gasteiger partial charge in [-0.25, -0.2) is 4.79 Å². The van der Waals surface area contributed by atoms with Gasteiger partial charge in [-0.05, 0) is 43.9 Å². The van der Waals surface area contributed by atoms with Gasteiger partial charge in [-0.1, -0.05) is 32.1 Å². The highest BCUT2D eigenvalue weighted by molar-refractivity contribution is 5.75. The average molecular weight is 579 g/mol. The molecule has 0 bridgehead atoms. The van der Waals surface area contributed by atoms with Gasteiger partial charge >= 0.3 is 12.2 Å². The molecule has 2 amide bonds. The molecule has 0 unspecified atom stereocenters. The van der Waals surface area contributed by atoms with Crippen LogP contribution in [0, 0.1) is 10.1 Å². The number of anilines is 2. The third-order valence-corrected chi connectivity index (χ3v) is 7.85. The predicted octanol–water partition coefficient (Wildman–Crippen LogP) is 5.51. The maximum absolute atomic E-state index is 12.8. The van der Waals surface area contributed by atoms with Gasteiger partial charge in [0, 0.05) is 68.0 Å². The summed E-state index contributed by atoms with van der Waals surface area (Å²) in [5, 5.41) is 16.8. The van der Waals surface area contributed by atoms with E-state index in [-0.39, 0.29) is 23.3 Å². The average Bonchev–Trinajstić information content (AvgIpc) is 3.46. The van der Waals surface area contributed by atoms with Crippen molar-refractivity contribution >= 4 is 23.1 Å². The van der Waals surface area contributed by atoms with Crippen LogP contribution in [0.1, 0.15) is 63.4 Å². The SMILES string of the molecule is O=C(NC1CCCC1)N1CCN(c2cc[nH]c(=O)c2)CC1.O=[N+]([O-])c1ccc(NC2CCCCC2)cc1C(F)(F)F. The first-order valence-electron chi connectivity index (χ1n) is 14.2. The van der Waals surface area contributed by atoms with Crippen LogP contribution in [0.25, 0.3) is 0 Å². The molecule has 1 saturated heterocycles. The fraction of sp³-hybridized carbons (Fsp3) is 0.571. The molecule has 224 valence electrons. The highest BCUT2D eigenvalue weighted by Crippen LogP contribution is 2.38. The summed E-state index contributed by atoms with van der Waals surface area (Å²) >= 11 is 0. The number of nitro benzene ring substituents is 1. The molecule has 2 heterocycles. The topological polar surface area (TPSA) is 124 Å². The predicted molar refractivity (Wildman–Crippen MR) is 150 cm³/mol. The van der Waals surface area contributed by atoms with E-state index >= 15 is 0 Å². The van der Waals surface area contributed by atoms with Gasteiger partial charge in [0.25, 0.3) is 5.69 Å². The molecule has 5 rings (SSSR count). The normalized spacial score (nSPS) is 18.4. The van der Waals surface area contributed by atoms with E-state index in [9.17, 15) is 32.9 Å². The van der Waals surface area contributed by atoms with Crippen LogP contribution < -0.4 is 21.1 Å². The number of urea groups is 1. The van der Waals surface area contributed by atoms with Gasteiger partial charge in [0.2, 0.25) is 5.56 Å². The second-order valence-corrected chi connectivity index (χ2v) is 10.8. The second-order valence-electron chi connectivity index (χ2n) is 10.8. The largest absolute Gasteiger partial charge is 0.423 e. The molecule has 3 N–H and O–H groups in total. The molecule has 41 heavy (non-hydrogen) atoms. The first kappa shape index (κ1) is 30.2. The number of aromatic amines is 1. The number of benzene rings is 1. The van der Waals surface area contributed by atoms with Crippen molar-refractivity contribution in [3.05, 3.63) is 62.6 Å². The lowest BCUT2D eigenvalue weighted by atomic mass is 9.95. The number of rotatable bonds is 5. The first-order chi connectivity index (χ1) is 19.6. The minimum absolute atomic E-state index is 0.0625. The molecule has 1 aliphatic heterocycles. The number of nitro groups is 1. The van der Waals surface area contributed by atoms with Crippen LogP contribution in [-0.4, -0.2) is 59.1 Å². The molecular formula is C28H37F3N6O4. The van der Waals surface area contributed by atoms with Gasteiger partial charge in [-0.2, -0.15) is 13.2 Å². The summed E-state index contributed by atoms with van der Waals surface area (Å²) in [6, 6.07) is 7.15. The van der Waals surface area contributed by atoms with Crippen LogP contribution in [0.2, 0.25) is 0 Å². The van der Waals surface area contributed by atoms with Crippen LogP contribution in [0.4, 0.5) is 35.0 Å². The molecule has 3 fully saturated rings. The van der Waals surface area contributed by atoms with Crippen molar-refractivity contribution in [2.24, 2.45) is 0 Å². The molecule has 0 spiro atoms. The zero-order valence-corrected chi connectivity index (χ0v) is 22.9. The van der Waals surface area contributed by atoms with Crippen LogP contribution >= 0.6 is 0 Å². The Morgan fingerprint density at radius 3 is 2.17 bits per heavy atom. The summed E-state index contributed by atoms with van der Waals surface area (Å²) in [7, 11) is 0. The molecule has 1 aromatic carbocycles. The number of amides is 2. The Labute approximate surface area is 236 Å². The van der Waals surface area contributed by atoms with Crippen LogP contribution in [0.15, 0.2) is 41.3 Å². The van der Waals surface area contributed by atoms with Crippen molar-refractivity contribution in [1.82, 2.24) is 15.2 Å². The number of halogens is 3. The molecule has 0 radical (unpaired) electrons. The number of aromatic nitrogens is 1. The Morgan fingerprint density at radius 2 is 1.56 bits per heavy atom. The first-order valence-corrected chi connectivity index (χ1v) is 14.2. The maximum atomic E-state index is 12.8. The molecule has 3 aliphatic rings. The lowest BCUT2D eigenvalue weighted by Crippen LogP contribution is -2.53. The van der Waals surface area contributed by atoms with E-state index in [1.54, 1.807) is 12.3 Å². The summed E-state index contributed by atoms with van der Waals surface area (Å²) in [5.74, 6) is 0. The van der Waals surface area contributed by atoms with Crippen molar-refractivity contribution < 1.29 is 22.9 Å². The zero-order chi connectivity index (χ0) is 29.4. The maximum Gasteiger partial charge on any atom is 0.423 e. The highest BCUT2D eigenvalue weighted by atomic mass is 19.4. The molecule has 1 aromatic heterocycles. The Bertz CT molecular complexity index is 1230. The number of nitrogens with zero attached hydrogens (tertiary/aromatic N) is 3. The summed E-state index contributed by atoms with van der Waals surface area (Å²) < 4.78 is 38.5. The standard InChI is InChI=1S/C15H22N4O2.C13H15F3N2O2/c20-14-11-13(5-6-16-14)18-7-9-19(10-8-18)15(21)17-12-3-1-2-4-12;14-13(15,16)11-8-10(6-7-12(11)18(19)20)17-9-4-2-1-3-5-9/h5-6,11-12H,1-4,7-10H2,(H,16,20)(H,17,21);6-9,17H,1-5H2. The Hall–Kier alpha value is -3.77. The molecule has 2 saturated carbocycles. The van der Waals surface area contributed by atoms with Gasteiger partial charge < -0.3 is 25.4 Å². The minimum Gasteiger partial charge on any atom is -0.382 e. The summed E-state index contributed by atoms with van der Waals surface area (Å²) in [6.45, 7) is 2.93. The summed E-state index contributed by atoms with van der Waals surface area (Å²) in [4.78, 5) is 39.8. The van der Waals surface area contributed by atoms with Gasteiger partial charge in [-0.3, -0.25) is 14.9 Å². The van der Waals surface area contributed by atoms with Crippen molar-refractivity contribution in [2.45, 2.75) is 76.0 Å². The summed E-state index contributed by atoms with van der Waals surface area (Å²) in [6.07, 6.45) is 6.68. The molecule has 0 atom stereocenters. The van der Waals surface area contributed by atoms with E-state index in [1.165, 1.54) is 18.9 Å². The number of hydrogen-bond acceptors (Lipinski definition) is 6. The number of alkyl halides is 3. The number of nitrogens with one attached hydrogen (secondary N) is 3. The smallest absolute Gasteiger partial charge is 0.382 e. The van der Waals surface area contributed by atoms with Gasteiger partial charge in [0.05, 0.1) is 4.92 Å². The Balaban J connectivity index is 0.000000189. The van der Waals surface area contributed by atoms with E-state index in [1.807, 2.05) is 11.0 Å². The lowest BCUT2D eigenvalue weighted by molar-refractivity contribution is -0.388. The minimum atomic E-state index is -4.73. The van der Waals surface area contributed by atoms with E-state index in [0.717, 1.165) is 75.9 Å². The molecule has 2 aliphatic carbocycles. The third-order valence-electron chi connectivity index (χ3n) is 7.85.